The zero-order valence-corrected chi connectivity index (χ0v) is 9.82. The van der Waals surface area contributed by atoms with Gasteiger partial charge < -0.3 is 15.2 Å². The molecule has 0 unspecified atom stereocenters. The smallest absolute Gasteiger partial charge is 0.127 e. The maximum atomic E-state index is 13.2. The Morgan fingerprint density at radius 2 is 2.06 bits per heavy atom. The second-order valence-electron chi connectivity index (χ2n) is 4.37. The van der Waals surface area contributed by atoms with Crippen LogP contribution in [0, 0.1) is 11.7 Å². The van der Waals surface area contributed by atoms with Crippen molar-refractivity contribution < 1.29 is 13.9 Å². The topological polar surface area (TPSA) is 44.5 Å². The maximum absolute atomic E-state index is 13.2. The van der Waals surface area contributed by atoms with E-state index in [2.05, 4.69) is 0 Å². The Bertz CT molecular complexity index is 364. The molecule has 1 aromatic carbocycles. The third-order valence-electron chi connectivity index (χ3n) is 2.99. The summed E-state index contributed by atoms with van der Waals surface area (Å²) in [5.41, 5.74) is 6.24. The van der Waals surface area contributed by atoms with Crippen LogP contribution in [0.15, 0.2) is 18.2 Å². The Balaban J connectivity index is 1.91. The molecule has 0 saturated carbocycles. The lowest BCUT2D eigenvalue weighted by Crippen LogP contribution is -2.21. The van der Waals surface area contributed by atoms with Crippen molar-refractivity contribution in [2.24, 2.45) is 11.7 Å². The molecule has 0 bridgehead atoms. The molecule has 17 heavy (non-hydrogen) atoms. The van der Waals surface area contributed by atoms with E-state index in [1.807, 2.05) is 0 Å². The van der Waals surface area contributed by atoms with Gasteiger partial charge in [0.25, 0.3) is 0 Å². The van der Waals surface area contributed by atoms with Crippen LogP contribution in [0.2, 0.25) is 0 Å². The number of benzene rings is 1. The molecule has 1 saturated heterocycles. The first-order chi connectivity index (χ1) is 8.28. The fourth-order valence-electron chi connectivity index (χ4n) is 1.95. The molecule has 2 rings (SSSR count). The van der Waals surface area contributed by atoms with Crippen molar-refractivity contribution in [1.29, 1.82) is 0 Å². The van der Waals surface area contributed by atoms with Crippen LogP contribution < -0.4 is 10.5 Å². The third-order valence-corrected chi connectivity index (χ3v) is 2.99. The lowest BCUT2D eigenvalue weighted by Gasteiger charge is -2.22. The number of halogens is 1. The summed E-state index contributed by atoms with van der Waals surface area (Å²) in [5.74, 6) is 0.778. The SMILES string of the molecule is NCc1cc(F)cc(OCC2CCOCC2)c1. The molecule has 1 heterocycles. The van der Waals surface area contributed by atoms with Gasteiger partial charge >= 0.3 is 0 Å². The molecule has 1 aliphatic heterocycles. The molecule has 4 heteroatoms. The molecule has 0 aromatic heterocycles. The fraction of sp³-hybridized carbons (Fsp3) is 0.538. The molecule has 1 aromatic rings. The zero-order valence-electron chi connectivity index (χ0n) is 9.82. The summed E-state index contributed by atoms with van der Waals surface area (Å²) in [7, 11) is 0. The number of hydrogen-bond acceptors (Lipinski definition) is 3. The van der Waals surface area contributed by atoms with Gasteiger partial charge in [-0.2, -0.15) is 0 Å². The van der Waals surface area contributed by atoms with Crippen molar-refractivity contribution in [2.75, 3.05) is 19.8 Å². The molecular weight excluding hydrogens is 221 g/mol. The Kier molecular flexibility index (Phi) is 4.34. The van der Waals surface area contributed by atoms with Gasteiger partial charge in [-0.1, -0.05) is 0 Å². The van der Waals surface area contributed by atoms with Crippen LogP contribution in [0.25, 0.3) is 0 Å². The molecule has 2 N–H and O–H groups in total. The van der Waals surface area contributed by atoms with E-state index in [1.165, 1.54) is 12.1 Å². The highest BCUT2D eigenvalue weighted by molar-refractivity contribution is 5.29. The van der Waals surface area contributed by atoms with Gasteiger partial charge in [0.05, 0.1) is 6.61 Å². The van der Waals surface area contributed by atoms with Crippen LogP contribution in [0.5, 0.6) is 5.75 Å². The molecule has 0 spiro atoms. The minimum Gasteiger partial charge on any atom is -0.493 e. The van der Waals surface area contributed by atoms with Crippen molar-refractivity contribution >= 4 is 0 Å². The molecule has 1 aliphatic rings. The average Bonchev–Trinajstić information content (AvgIpc) is 2.37. The zero-order chi connectivity index (χ0) is 12.1. The first-order valence-corrected chi connectivity index (χ1v) is 5.98. The quantitative estimate of drug-likeness (QED) is 0.875. The van der Waals surface area contributed by atoms with Crippen molar-refractivity contribution in [1.82, 2.24) is 0 Å². The highest BCUT2D eigenvalue weighted by Gasteiger charge is 2.14. The number of ether oxygens (including phenoxy) is 2. The van der Waals surface area contributed by atoms with Gasteiger partial charge in [-0.25, -0.2) is 4.39 Å². The summed E-state index contributed by atoms with van der Waals surface area (Å²) in [6.07, 6.45) is 2.03. The summed E-state index contributed by atoms with van der Waals surface area (Å²) >= 11 is 0. The third kappa shape index (κ3) is 3.68. The minimum absolute atomic E-state index is 0.296. The van der Waals surface area contributed by atoms with Crippen LogP contribution in [-0.4, -0.2) is 19.8 Å². The summed E-state index contributed by atoms with van der Waals surface area (Å²) in [6.45, 7) is 2.54. The van der Waals surface area contributed by atoms with Gasteiger partial charge in [-0.05, 0) is 36.5 Å². The van der Waals surface area contributed by atoms with Crippen molar-refractivity contribution in [3.05, 3.63) is 29.6 Å². The molecular formula is C13H18FNO2. The number of hydrogen-bond donors (Lipinski definition) is 1. The summed E-state index contributed by atoms with van der Waals surface area (Å²) in [6, 6.07) is 4.63. The Morgan fingerprint density at radius 1 is 1.29 bits per heavy atom. The highest BCUT2D eigenvalue weighted by atomic mass is 19.1. The number of nitrogens with two attached hydrogens (primary N) is 1. The molecule has 0 aliphatic carbocycles. The standard InChI is InChI=1S/C13H18FNO2/c14-12-5-11(8-15)6-13(7-12)17-9-10-1-3-16-4-2-10/h5-7,10H,1-4,8-9,15H2. The van der Waals surface area contributed by atoms with Crippen LogP contribution in [0.4, 0.5) is 4.39 Å². The fourth-order valence-corrected chi connectivity index (χ4v) is 1.95. The van der Waals surface area contributed by atoms with E-state index in [9.17, 15) is 4.39 Å². The largest absolute Gasteiger partial charge is 0.493 e. The molecule has 94 valence electrons. The van der Waals surface area contributed by atoms with Gasteiger partial charge in [0, 0.05) is 25.8 Å². The Morgan fingerprint density at radius 3 is 2.76 bits per heavy atom. The lowest BCUT2D eigenvalue weighted by molar-refractivity contribution is 0.0497. The van der Waals surface area contributed by atoms with E-state index in [0.29, 0.717) is 24.8 Å². The van der Waals surface area contributed by atoms with Crippen LogP contribution >= 0.6 is 0 Å². The van der Waals surface area contributed by atoms with E-state index in [-0.39, 0.29) is 5.82 Å². The molecule has 0 amide bonds. The van der Waals surface area contributed by atoms with Crippen LogP contribution in [-0.2, 0) is 11.3 Å². The van der Waals surface area contributed by atoms with Crippen molar-refractivity contribution in [2.45, 2.75) is 19.4 Å². The second kappa shape index (κ2) is 5.98. The predicted octanol–water partition coefficient (Wildman–Crippen LogP) is 2.09. The summed E-state index contributed by atoms with van der Waals surface area (Å²) in [5, 5.41) is 0. The molecule has 1 fully saturated rings. The van der Waals surface area contributed by atoms with E-state index >= 15 is 0 Å². The maximum Gasteiger partial charge on any atom is 0.127 e. The second-order valence-corrected chi connectivity index (χ2v) is 4.37. The van der Waals surface area contributed by atoms with E-state index in [0.717, 1.165) is 31.6 Å². The van der Waals surface area contributed by atoms with Crippen molar-refractivity contribution in [3.63, 3.8) is 0 Å². The van der Waals surface area contributed by atoms with Crippen molar-refractivity contribution in [3.8, 4) is 5.75 Å². The van der Waals surface area contributed by atoms with Gasteiger partial charge in [-0.3, -0.25) is 0 Å². The number of rotatable bonds is 4. The first kappa shape index (κ1) is 12.3. The highest BCUT2D eigenvalue weighted by Crippen LogP contribution is 2.20. The average molecular weight is 239 g/mol. The van der Waals surface area contributed by atoms with Crippen LogP contribution in [0.1, 0.15) is 18.4 Å². The van der Waals surface area contributed by atoms with E-state index < -0.39 is 0 Å². The van der Waals surface area contributed by atoms with Gasteiger partial charge in [0.15, 0.2) is 0 Å². The van der Waals surface area contributed by atoms with Crippen LogP contribution in [0.3, 0.4) is 0 Å². The molecule has 0 radical (unpaired) electrons. The van der Waals surface area contributed by atoms with Gasteiger partial charge in [-0.15, -0.1) is 0 Å². The summed E-state index contributed by atoms with van der Waals surface area (Å²) in [4.78, 5) is 0. The Labute approximate surface area is 101 Å². The molecule has 0 atom stereocenters. The van der Waals surface area contributed by atoms with Gasteiger partial charge in [0.2, 0.25) is 0 Å². The van der Waals surface area contributed by atoms with E-state index in [4.69, 9.17) is 15.2 Å². The molecule has 3 nitrogen and oxygen atoms in total. The summed E-state index contributed by atoms with van der Waals surface area (Å²) < 4.78 is 24.1. The predicted molar refractivity (Wildman–Crippen MR) is 63.3 cm³/mol. The minimum atomic E-state index is -0.296. The first-order valence-electron chi connectivity index (χ1n) is 5.98. The lowest BCUT2D eigenvalue weighted by atomic mass is 10.0. The normalized spacial score (nSPS) is 17.1. The Hall–Kier alpha value is -1.13. The van der Waals surface area contributed by atoms with E-state index in [1.54, 1.807) is 6.07 Å². The monoisotopic (exact) mass is 239 g/mol. The van der Waals surface area contributed by atoms with Gasteiger partial charge in [0.1, 0.15) is 11.6 Å².